The molecule has 1 aromatic rings. The first-order valence-corrected chi connectivity index (χ1v) is 19.9. The first kappa shape index (κ1) is 44.7. The van der Waals surface area contributed by atoms with E-state index >= 15 is 0 Å². The summed E-state index contributed by atoms with van der Waals surface area (Å²) in [6.07, 6.45) is -5.37. The van der Waals surface area contributed by atoms with Crippen molar-refractivity contribution in [3.05, 3.63) is 11.9 Å². The van der Waals surface area contributed by atoms with Crippen molar-refractivity contribution in [3.8, 4) is 6.07 Å². The van der Waals surface area contributed by atoms with E-state index in [0.717, 1.165) is 44.9 Å². The summed E-state index contributed by atoms with van der Waals surface area (Å²) in [5, 5.41) is 121. The molecule has 1 aromatic heterocycles. The van der Waals surface area contributed by atoms with E-state index in [0.29, 0.717) is 50.4 Å². The number of aliphatic hydroxyl groups is 10. The summed E-state index contributed by atoms with van der Waals surface area (Å²) in [5.74, 6) is 0.334. The van der Waals surface area contributed by atoms with Crippen LogP contribution in [0.5, 0.6) is 0 Å². The number of hydrogen-bond acceptors (Lipinski definition) is 17. The van der Waals surface area contributed by atoms with Gasteiger partial charge in [0.2, 0.25) is 5.91 Å². The lowest BCUT2D eigenvalue weighted by atomic mass is 9.51. The number of nitrogens with zero attached hydrogens (tertiary/aromatic N) is 5. The van der Waals surface area contributed by atoms with Gasteiger partial charge in [0.1, 0.15) is 42.7 Å². The summed E-state index contributed by atoms with van der Waals surface area (Å²) in [6.45, 7) is 0.559. The topological polar surface area (TPSA) is 308 Å². The Morgan fingerprint density at radius 1 is 0.893 bits per heavy atom. The number of carbonyl (C=O) groups is 1. The average molecular weight is 799 g/mol. The minimum Gasteiger partial charge on any atom is -0.394 e. The van der Waals surface area contributed by atoms with Gasteiger partial charge in [0.05, 0.1) is 75.7 Å². The molecular weight excluding hydrogens is 736 g/mol. The number of rotatable bonds is 24. The Hall–Kier alpha value is -2.42. The van der Waals surface area contributed by atoms with Crippen LogP contribution in [0.1, 0.15) is 69.9 Å². The van der Waals surface area contributed by atoms with E-state index in [1.807, 2.05) is 0 Å². The van der Waals surface area contributed by atoms with Gasteiger partial charge in [-0.05, 0) is 88.4 Å². The number of aliphatic hydroxyl groups excluding tert-OH is 10. The quantitative estimate of drug-likeness (QED) is 0.0449. The van der Waals surface area contributed by atoms with Crippen molar-refractivity contribution in [1.29, 1.82) is 5.26 Å². The molecular formula is C37H62N6O13. The fourth-order valence-electron chi connectivity index (χ4n) is 9.88. The molecule has 5 aliphatic rings. The van der Waals surface area contributed by atoms with E-state index in [2.05, 4.69) is 21.7 Å². The summed E-state index contributed by atoms with van der Waals surface area (Å²) in [5.41, 5.74) is 0.0182. The van der Waals surface area contributed by atoms with Gasteiger partial charge in [0, 0.05) is 18.3 Å². The van der Waals surface area contributed by atoms with Crippen LogP contribution in [0, 0.1) is 29.1 Å². The van der Waals surface area contributed by atoms with Gasteiger partial charge in [-0.25, -0.2) is 4.68 Å². The van der Waals surface area contributed by atoms with Gasteiger partial charge < -0.3 is 70.8 Å². The van der Waals surface area contributed by atoms with Gasteiger partial charge >= 0.3 is 0 Å². The number of nitriles is 1. The zero-order valence-electron chi connectivity index (χ0n) is 31.9. The smallest absolute Gasteiger partial charge is 0.237 e. The Kier molecular flexibility index (Phi) is 16.0. The number of ether oxygens (including phenoxy) is 2. The van der Waals surface area contributed by atoms with Gasteiger partial charge in [-0.15, -0.1) is 5.10 Å². The lowest BCUT2D eigenvalue weighted by Gasteiger charge is -2.62. The highest BCUT2D eigenvalue weighted by Crippen LogP contribution is 2.58. The highest BCUT2D eigenvalue weighted by Gasteiger charge is 2.58. The summed E-state index contributed by atoms with van der Waals surface area (Å²) < 4.78 is 14.0. The van der Waals surface area contributed by atoms with Crippen molar-refractivity contribution in [2.75, 3.05) is 46.1 Å². The minimum absolute atomic E-state index is 0.00936. The Morgan fingerprint density at radius 3 is 2.09 bits per heavy atom. The molecule has 11 N–H and O–H groups in total. The van der Waals surface area contributed by atoms with Gasteiger partial charge in [0.25, 0.3) is 0 Å². The number of nitrogens with one attached hydrogen (secondary N) is 1. The summed E-state index contributed by atoms with van der Waals surface area (Å²) in [6, 6.07) is 1.92. The Bertz CT molecular complexity index is 1390. The van der Waals surface area contributed by atoms with E-state index in [9.17, 15) is 50.9 Å². The average Bonchev–Trinajstić information content (AvgIpc) is 3.85. The zero-order chi connectivity index (χ0) is 40.6. The van der Waals surface area contributed by atoms with Crippen LogP contribution in [0.3, 0.4) is 0 Å². The Morgan fingerprint density at radius 2 is 1.50 bits per heavy atom. The van der Waals surface area contributed by atoms with Crippen LogP contribution in [0.4, 0.5) is 0 Å². The van der Waals surface area contributed by atoms with Crippen molar-refractivity contribution in [2.45, 2.75) is 143 Å². The van der Waals surface area contributed by atoms with Gasteiger partial charge in [-0.2, -0.15) is 5.26 Å². The van der Waals surface area contributed by atoms with Crippen molar-refractivity contribution in [3.63, 3.8) is 0 Å². The van der Waals surface area contributed by atoms with Crippen LogP contribution in [-0.2, 0) is 27.2 Å². The molecule has 318 valence electrons. The molecule has 1 aliphatic heterocycles. The SMILES string of the molecule is N#C[C@@H]1CCCN1C(=O)CNC12CC3C[C@@H](C1)CC(OCCOCCn1cc(CC(C[C@H](O)[C@@H](O)[C@H](O)[C@H](O)CO)C[C@H](O)[C@@H](O)[C@H](O)[C@H](O)CO)nn1)(C3)C2. The molecule has 56 heavy (non-hydrogen) atoms. The molecule has 0 radical (unpaired) electrons. The standard InChI is InChI=1S/C37H62N6O13/c38-16-26-2-1-3-43(26)31(50)17-39-36-12-23-8-24(13-36)15-37(14-23,21-36)56-7-6-55-5-4-42-18-25(40-41-42)9-22(10-27(46)32(51)34(53)29(48)19-44)11-28(47)33(52)35(54)30(49)20-45/h18,22-24,26-30,32-35,39,44-49,51-54H,1-15,17,19-21H2/t23-,24?,26-,27-,28-,29+,30+,32+,33+,34+,35+,36?,37?/m0/s1. The third kappa shape index (κ3) is 11.2. The number of amides is 1. The fraction of sp³-hybridized carbons (Fsp3) is 0.892. The molecule has 4 bridgehead atoms. The van der Waals surface area contributed by atoms with Crippen LogP contribution in [-0.4, -0.2) is 189 Å². The largest absolute Gasteiger partial charge is 0.394 e. The van der Waals surface area contributed by atoms with E-state index in [1.165, 1.54) is 6.42 Å². The second-order valence-electron chi connectivity index (χ2n) is 16.7. The first-order chi connectivity index (χ1) is 26.7. The molecule has 0 aromatic carbocycles. The highest BCUT2D eigenvalue weighted by molar-refractivity contribution is 5.79. The Labute approximate surface area is 326 Å². The maximum atomic E-state index is 13.0. The third-order valence-corrected chi connectivity index (χ3v) is 12.3. The van der Waals surface area contributed by atoms with Crippen LogP contribution < -0.4 is 5.32 Å². The molecule has 4 aliphatic carbocycles. The number of carbonyl (C=O) groups excluding carboxylic acids is 1. The van der Waals surface area contributed by atoms with E-state index < -0.39 is 68.0 Å². The van der Waals surface area contributed by atoms with Crippen LogP contribution in [0.25, 0.3) is 0 Å². The maximum Gasteiger partial charge on any atom is 0.237 e. The maximum absolute atomic E-state index is 13.0. The third-order valence-electron chi connectivity index (χ3n) is 12.3. The van der Waals surface area contributed by atoms with E-state index in [1.54, 1.807) is 15.8 Å². The fourth-order valence-corrected chi connectivity index (χ4v) is 9.88. The normalized spacial score (nSPS) is 30.2. The lowest BCUT2D eigenvalue weighted by molar-refractivity contribution is -0.182. The van der Waals surface area contributed by atoms with E-state index in [-0.39, 0.29) is 48.9 Å². The molecule has 13 atom stereocenters. The molecule has 1 saturated heterocycles. The lowest BCUT2D eigenvalue weighted by Crippen LogP contribution is -2.66. The van der Waals surface area contributed by atoms with Crippen molar-refractivity contribution >= 4 is 5.91 Å². The molecule has 0 spiro atoms. The van der Waals surface area contributed by atoms with Gasteiger partial charge in [-0.3, -0.25) is 4.79 Å². The summed E-state index contributed by atoms with van der Waals surface area (Å²) in [7, 11) is 0. The molecule has 3 unspecified atom stereocenters. The second-order valence-corrected chi connectivity index (χ2v) is 16.7. The van der Waals surface area contributed by atoms with E-state index in [4.69, 9.17) is 19.7 Å². The molecule has 4 saturated carbocycles. The summed E-state index contributed by atoms with van der Waals surface area (Å²) >= 11 is 0. The van der Waals surface area contributed by atoms with Crippen molar-refractivity contribution < 1.29 is 65.3 Å². The van der Waals surface area contributed by atoms with Gasteiger partial charge in [0.15, 0.2) is 0 Å². The van der Waals surface area contributed by atoms with Crippen molar-refractivity contribution in [2.24, 2.45) is 17.8 Å². The number of likely N-dealkylation sites (tertiary alicyclic amines) is 1. The molecule has 6 rings (SSSR count). The predicted molar refractivity (Wildman–Crippen MR) is 194 cm³/mol. The molecule has 19 nitrogen and oxygen atoms in total. The van der Waals surface area contributed by atoms with Crippen LogP contribution >= 0.6 is 0 Å². The number of aromatic nitrogens is 3. The summed E-state index contributed by atoms with van der Waals surface area (Å²) in [4.78, 5) is 14.7. The highest BCUT2D eigenvalue weighted by atomic mass is 16.5. The molecule has 19 heteroatoms. The van der Waals surface area contributed by atoms with Gasteiger partial charge in [-0.1, -0.05) is 5.21 Å². The Balaban J connectivity index is 1.08. The second kappa shape index (κ2) is 20.0. The first-order valence-electron chi connectivity index (χ1n) is 19.9. The molecule has 1 amide bonds. The number of hydrogen-bond donors (Lipinski definition) is 11. The van der Waals surface area contributed by atoms with Crippen LogP contribution in [0.15, 0.2) is 6.20 Å². The predicted octanol–water partition coefficient (Wildman–Crippen LogP) is -3.68. The monoisotopic (exact) mass is 798 g/mol. The molecule has 5 fully saturated rings. The zero-order valence-corrected chi connectivity index (χ0v) is 31.9. The van der Waals surface area contributed by atoms with Crippen LogP contribution in [0.2, 0.25) is 0 Å². The van der Waals surface area contributed by atoms with Crippen molar-refractivity contribution in [1.82, 2.24) is 25.2 Å². The molecule has 2 heterocycles. The minimum atomic E-state index is -1.87.